The second-order valence-electron chi connectivity index (χ2n) is 6.95. The molecule has 7 heteroatoms. The molecule has 1 N–H and O–H groups in total. The molecule has 7 nitrogen and oxygen atoms in total. The Morgan fingerprint density at radius 1 is 1.07 bits per heavy atom. The van der Waals surface area contributed by atoms with Crippen LogP contribution in [0.25, 0.3) is 17.1 Å². The summed E-state index contributed by atoms with van der Waals surface area (Å²) in [6.07, 6.45) is 1.72. The van der Waals surface area contributed by atoms with Crippen LogP contribution < -0.4 is 14.8 Å². The van der Waals surface area contributed by atoms with Crippen molar-refractivity contribution in [3.05, 3.63) is 83.7 Å². The molecule has 150 valence electrons. The first-order chi connectivity index (χ1) is 14.7. The molecule has 2 aromatic carbocycles. The predicted molar refractivity (Wildman–Crippen MR) is 110 cm³/mol. The second-order valence-corrected chi connectivity index (χ2v) is 6.95. The van der Waals surface area contributed by atoms with Crippen molar-refractivity contribution in [2.24, 2.45) is 0 Å². The zero-order chi connectivity index (χ0) is 20.5. The summed E-state index contributed by atoms with van der Waals surface area (Å²) >= 11 is 0. The van der Waals surface area contributed by atoms with Gasteiger partial charge in [0.15, 0.2) is 17.3 Å². The minimum atomic E-state index is -0.237. The summed E-state index contributed by atoms with van der Waals surface area (Å²) in [5, 5.41) is 7.57. The van der Waals surface area contributed by atoms with Crippen molar-refractivity contribution < 1.29 is 18.7 Å². The van der Waals surface area contributed by atoms with Crippen LogP contribution in [0.4, 0.5) is 0 Å². The van der Waals surface area contributed by atoms with Crippen molar-refractivity contribution in [3.8, 4) is 28.6 Å². The molecule has 1 aliphatic rings. The minimum Gasteiger partial charge on any atom is -0.460 e. The van der Waals surface area contributed by atoms with E-state index in [4.69, 9.17) is 13.9 Å². The van der Waals surface area contributed by atoms with Gasteiger partial charge in [-0.15, -0.1) is 0 Å². The van der Waals surface area contributed by atoms with Gasteiger partial charge in [-0.2, -0.15) is 5.10 Å². The summed E-state index contributed by atoms with van der Waals surface area (Å²) in [6.45, 7) is 2.43. The molecule has 0 radical (unpaired) electrons. The maximum absolute atomic E-state index is 13.0. The molecule has 0 saturated heterocycles. The van der Waals surface area contributed by atoms with Gasteiger partial charge in [0.2, 0.25) is 6.79 Å². The molecule has 0 aliphatic carbocycles. The van der Waals surface area contributed by atoms with Crippen molar-refractivity contribution in [1.29, 1.82) is 0 Å². The molecule has 0 unspecified atom stereocenters. The number of aryl methyl sites for hydroxylation is 1. The number of para-hydroxylation sites is 1. The van der Waals surface area contributed by atoms with Crippen LogP contribution in [0.2, 0.25) is 0 Å². The van der Waals surface area contributed by atoms with Gasteiger partial charge in [0.1, 0.15) is 11.5 Å². The molecule has 3 heterocycles. The lowest BCUT2D eigenvalue weighted by molar-refractivity contribution is 0.0951. The molecule has 1 amide bonds. The van der Waals surface area contributed by atoms with Crippen molar-refractivity contribution in [3.63, 3.8) is 0 Å². The van der Waals surface area contributed by atoms with E-state index >= 15 is 0 Å². The molecule has 30 heavy (non-hydrogen) atoms. The SMILES string of the molecule is Cc1ccc(-c2nn(-c3ccccc3)cc2C(=O)NCc2ccc3c(c2)OCO3)o1. The zero-order valence-electron chi connectivity index (χ0n) is 16.3. The van der Waals surface area contributed by atoms with Gasteiger partial charge in [-0.05, 0) is 48.9 Å². The van der Waals surface area contributed by atoms with Crippen LogP contribution in [0.3, 0.4) is 0 Å². The lowest BCUT2D eigenvalue weighted by Gasteiger charge is -2.06. The van der Waals surface area contributed by atoms with Crippen LogP contribution in [-0.4, -0.2) is 22.5 Å². The highest BCUT2D eigenvalue weighted by Gasteiger charge is 2.21. The minimum absolute atomic E-state index is 0.218. The Kier molecular flexibility index (Phi) is 4.48. The monoisotopic (exact) mass is 401 g/mol. The van der Waals surface area contributed by atoms with Gasteiger partial charge < -0.3 is 19.2 Å². The van der Waals surface area contributed by atoms with Crippen LogP contribution in [-0.2, 0) is 6.54 Å². The summed E-state index contributed by atoms with van der Waals surface area (Å²) in [7, 11) is 0. The van der Waals surface area contributed by atoms with E-state index in [0.29, 0.717) is 35.1 Å². The van der Waals surface area contributed by atoms with E-state index in [-0.39, 0.29) is 12.7 Å². The number of fused-ring (bicyclic) bond motifs is 1. The average molecular weight is 401 g/mol. The predicted octanol–water partition coefficient (Wildman–Crippen LogP) is 4.10. The van der Waals surface area contributed by atoms with E-state index in [9.17, 15) is 4.79 Å². The van der Waals surface area contributed by atoms with Crippen molar-refractivity contribution in [1.82, 2.24) is 15.1 Å². The Morgan fingerprint density at radius 2 is 1.90 bits per heavy atom. The number of amides is 1. The van der Waals surface area contributed by atoms with Gasteiger partial charge in [0.05, 0.1) is 11.3 Å². The molecule has 0 bridgehead atoms. The van der Waals surface area contributed by atoms with Crippen molar-refractivity contribution >= 4 is 5.91 Å². The number of aromatic nitrogens is 2. The lowest BCUT2D eigenvalue weighted by atomic mass is 10.1. The van der Waals surface area contributed by atoms with E-state index in [1.54, 1.807) is 10.9 Å². The van der Waals surface area contributed by atoms with E-state index in [2.05, 4.69) is 10.4 Å². The number of carbonyl (C=O) groups is 1. The number of ether oxygens (including phenoxy) is 2. The highest BCUT2D eigenvalue weighted by atomic mass is 16.7. The van der Waals surface area contributed by atoms with Gasteiger partial charge >= 0.3 is 0 Å². The zero-order valence-corrected chi connectivity index (χ0v) is 16.3. The summed E-state index contributed by atoms with van der Waals surface area (Å²) in [5.41, 5.74) is 2.71. The third-order valence-corrected chi connectivity index (χ3v) is 4.84. The number of hydrogen-bond acceptors (Lipinski definition) is 5. The van der Waals surface area contributed by atoms with Crippen molar-refractivity contribution in [2.45, 2.75) is 13.5 Å². The number of hydrogen-bond donors (Lipinski definition) is 1. The molecule has 1 aliphatic heterocycles. The topological polar surface area (TPSA) is 78.5 Å². The smallest absolute Gasteiger partial charge is 0.255 e. The number of nitrogens with zero attached hydrogens (tertiary/aromatic N) is 2. The van der Waals surface area contributed by atoms with Crippen LogP contribution in [0, 0.1) is 6.92 Å². The summed E-state index contributed by atoms with van der Waals surface area (Å²) in [6, 6.07) is 18.9. The van der Waals surface area contributed by atoms with Crippen LogP contribution >= 0.6 is 0 Å². The van der Waals surface area contributed by atoms with Gasteiger partial charge in [-0.25, -0.2) is 4.68 Å². The van der Waals surface area contributed by atoms with E-state index < -0.39 is 0 Å². The van der Waals surface area contributed by atoms with Gasteiger partial charge in [-0.3, -0.25) is 4.79 Å². The summed E-state index contributed by atoms with van der Waals surface area (Å²) < 4.78 is 18.2. The van der Waals surface area contributed by atoms with Crippen LogP contribution in [0.15, 0.2) is 71.3 Å². The Hall–Kier alpha value is -4.00. The highest BCUT2D eigenvalue weighted by molar-refractivity contribution is 5.99. The van der Waals surface area contributed by atoms with E-state index in [1.807, 2.05) is 67.6 Å². The Morgan fingerprint density at radius 3 is 2.70 bits per heavy atom. The summed E-state index contributed by atoms with van der Waals surface area (Å²) in [5.74, 6) is 2.47. The van der Waals surface area contributed by atoms with Crippen LogP contribution in [0.5, 0.6) is 11.5 Å². The second kappa shape index (κ2) is 7.44. The van der Waals surface area contributed by atoms with Crippen LogP contribution in [0.1, 0.15) is 21.7 Å². The quantitative estimate of drug-likeness (QED) is 0.545. The third kappa shape index (κ3) is 3.41. The number of rotatable bonds is 5. The fraction of sp³-hybridized carbons (Fsp3) is 0.130. The third-order valence-electron chi connectivity index (χ3n) is 4.84. The average Bonchev–Trinajstić information content (AvgIpc) is 3.51. The standard InChI is InChI=1S/C23H19N3O4/c1-15-7-9-20(30-15)22-18(13-26(25-22)17-5-3-2-4-6-17)23(27)24-12-16-8-10-19-21(11-16)29-14-28-19/h2-11,13H,12,14H2,1H3,(H,24,27). The number of furan rings is 1. The molecular formula is C23H19N3O4. The molecule has 0 atom stereocenters. The molecule has 5 rings (SSSR count). The fourth-order valence-electron chi connectivity index (χ4n) is 3.33. The summed E-state index contributed by atoms with van der Waals surface area (Å²) in [4.78, 5) is 13.0. The Balaban J connectivity index is 1.43. The maximum atomic E-state index is 13.0. The number of benzene rings is 2. The maximum Gasteiger partial charge on any atom is 0.255 e. The van der Waals surface area contributed by atoms with Gasteiger partial charge in [0, 0.05) is 12.7 Å². The van der Waals surface area contributed by atoms with Gasteiger partial charge in [0.25, 0.3) is 5.91 Å². The lowest BCUT2D eigenvalue weighted by Crippen LogP contribution is -2.23. The highest BCUT2D eigenvalue weighted by Crippen LogP contribution is 2.32. The normalized spacial score (nSPS) is 12.2. The molecule has 2 aromatic heterocycles. The van der Waals surface area contributed by atoms with Gasteiger partial charge in [-0.1, -0.05) is 24.3 Å². The fourth-order valence-corrected chi connectivity index (χ4v) is 3.33. The molecule has 4 aromatic rings. The number of nitrogens with one attached hydrogen (secondary N) is 1. The molecule has 0 fully saturated rings. The number of carbonyl (C=O) groups excluding carboxylic acids is 1. The largest absolute Gasteiger partial charge is 0.460 e. The van der Waals surface area contributed by atoms with E-state index in [0.717, 1.165) is 17.0 Å². The van der Waals surface area contributed by atoms with E-state index in [1.165, 1.54) is 0 Å². The first-order valence-corrected chi connectivity index (χ1v) is 9.56. The molecular weight excluding hydrogens is 382 g/mol. The Labute approximate surface area is 172 Å². The first kappa shape index (κ1) is 18.1. The first-order valence-electron chi connectivity index (χ1n) is 9.56. The van der Waals surface area contributed by atoms with Crippen molar-refractivity contribution in [2.75, 3.05) is 6.79 Å². The molecule has 0 saturated carbocycles. The Bertz CT molecular complexity index is 1210. The molecule has 0 spiro atoms.